The lowest BCUT2D eigenvalue weighted by molar-refractivity contribution is -0.0277. The smallest absolute Gasteiger partial charge is 0.0774 e. The molecule has 1 aliphatic carbocycles. The summed E-state index contributed by atoms with van der Waals surface area (Å²) in [6.45, 7) is 4.81. The Hall–Kier alpha value is -0.340. The average molecular weight is 168 g/mol. The third-order valence-corrected chi connectivity index (χ3v) is 3.31. The van der Waals surface area contributed by atoms with E-state index in [1.807, 2.05) is 0 Å². The predicted octanol–water partition coefficient (Wildman–Crippen LogP) is 1.49. The van der Waals surface area contributed by atoms with E-state index in [4.69, 9.17) is 4.74 Å². The minimum absolute atomic E-state index is 0.0220. The lowest BCUT2D eigenvalue weighted by Gasteiger charge is -2.28. The molecular formula is C10H16O2. The van der Waals surface area contributed by atoms with Crippen LogP contribution in [0.1, 0.15) is 25.7 Å². The van der Waals surface area contributed by atoms with Gasteiger partial charge < -0.3 is 9.84 Å². The van der Waals surface area contributed by atoms with Crippen molar-refractivity contribution in [3.05, 3.63) is 12.2 Å². The zero-order chi connectivity index (χ0) is 8.60. The lowest BCUT2D eigenvalue weighted by Crippen LogP contribution is -2.34. The minimum Gasteiger partial charge on any atom is -0.396 e. The van der Waals surface area contributed by atoms with Gasteiger partial charge in [0.2, 0.25) is 0 Å². The Morgan fingerprint density at radius 2 is 2.17 bits per heavy atom. The molecular weight excluding hydrogens is 152 g/mol. The molecule has 1 heterocycles. The van der Waals surface area contributed by atoms with Crippen molar-refractivity contribution in [1.82, 2.24) is 0 Å². The molecule has 0 bridgehead atoms. The van der Waals surface area contributed by atoms with Crippen LogP contribution in [0.5, 0.6) is 0 Å². The summed E-state index contributed by atoms with van der Waals surface area (Å²) in [7, 11) is 0. The fraction of sp³-hybridized carbons (Fsp3) is 0.800. The van der Waals surface area contributed by atoms with E-state index >= 15 is 0 Å². The average Bonchev–Trinajstić information content (AvgIpc) is 2.63. The summed E-state index contributed by atoms with van der Waals surface area (Å²) in [5, 5.41) is 9.22. The van der Waals surface area contributed by atoms with Crippen LogP contribution in [-0.2, 0) is 4.74 Å². The van der Waals surface area contributed by atoms with Gasteiger partial charge in [-0.25, -0.2) is 0 Å². The van der Waals surface area contributed by atoms with Crippen molar-refractivity contribution < 1.29 is 9.84 Å². The molecule has 0 aromatic rings. The highest BCUT2D eigenvalue weighted by Gasteiger charge is 2.47. The largest absolute Gasteiger partial charge is 0.396 e. The molecule has 1 saturated carbocycles. The molecule has 2 nitrogen and oxygen atoms in total. The van der Waals surface area contributed by atoms with Gasteiger partial charge in [-0.2, -0.15) is 0 Å². The SMILES string of the molecule is C=C1COC2(CCCC2)C1CO. The first-order chi connectivity index (χ1) is 5.78. The summed E-state index contributed by atoms with van der Waals surface area (Å²) < 4.78 is 5.76. The summed E-state index contributed by atoms with van der Waals surface area (Å²) >= 11 is 0. The first kappa shape index (κ1) is 8.27. The number of aliphatic hydroxyl groups is 1. The molecule has 68 valence electrons. The van der Waals surface area contributed by atoms with Crippen LogP contribution in [0.4, 0.5) is 0 Å². The molecule has 2 aliphatic rings. The Kier molecular flexibility index (Phi) is 1.97. The van der Waals surface area contributed by atoms with Crippen molar-refractivity contribution in [2.24, 2.45) is 5.92 Å². The molecule has 2 heteroatoms. The second-order valence-corrected chi connectivity index (χ2v) is 3.95. The zero-order valence-corrected chi connectivity index (χ0v) is 7.38. The molecule has 2 rings (SSSR count). The molecule has 1 saturated heterocycles. The lowest BCUT2D eigenvalue weighted by atomic mass is 9.84. The van der Waals surface area contributed by atoms with Crippen molar-refractivity contribution in [2.75, 3.05) is 13.2 Å². The highest BCUT2D eigenvalue weighted by Crippen LogP contribution is 2.46. The van der Waals surface area contributed by atoms with Crippen LogP contribution in [0.15, 0.2) is 12.2 Å². The van der Waals surface area contributed by atoms with Crippen molar-refractivity contribution in [3.63, 3.8) is 0 Å². The van der Waals surface area contributed by atoms with Gasteiger partial charge >= 0.3 is 0 Å². The van der Waals surface area contributed by atoms with Crippen LogP contribution >= 0.6 is 0 Å². The third kappa shape index (κ3) is 1.02. The molecule has 2 fully saturated rings. The maximum absolute atomic E-state index is 9.22. The van der Waals surface area contributed by atoms with E-state index in [2.05, 4.69) is 6.58 Å². The Morgan fingerprint density at radius 1 is 1.50 bits per heavy atom. The van der Waals surface area contributed by atoms with Crippen molar-refractivity contribution in [3.8, 4) is 0 Å². The normalized spacial score (nSPS) is 33.4. The molecule has 1 aliphatic heterocycles. The van der Waals surface area contributed by atoms with E-state index in [0.29, 0.717) is 6.61 Å². The van der Waals surface area contributed by atoms with E-state index < -0.39 is 0 Å². The van der Waals surface area contributed by atoms with Gasteiger partial charge in [-0.05, 0) is 18.4 Å². The van der Waals surface area contributed by atoms with E-state index in [1.165, 1.54) is 12.8 Å². The maximum atomic E-state index is 9.22. The van der Waals surface area contributed by atoms with Crippen LogP contribution in [-0.4, -0.2) is 23.9 Å². The maximum Gasteiger partial charge on any atom is 0.0774 e. The van der Waals surface area contributed by atoms with Gasteiger partial charge in [-0.15, -0.1) is 0 Å². The second kappa shape index (κ2) is 2.86. The number of rotatable bonds is 1. The molecule has 1 unspecified atom stereocenters. The quantitative estimate of drug-likeness (QED) is 0.601. The summed E-state index contributed by atoms with van der Waals surface area (Å²) in [6.07, 6.45) is 4.70. The number of aliphatic hydroxyl groups excluding tert-OH is 1. The van der Waals surface area contributed by atoms with E-state index in [1.54, 1.807) is 0 Å². The van der Waals surface area contributed by atoms with Gasteiger partial charge in [0.25, 0.3) is 0 Å². The Morgan fingerprint density at radius 3 is 2.75 bits per heavy atom. The van der Waals surface area contributed by atoms with Crippen molar-refractivity contribution in [2.45, 2.75) is 31.3 Å². The van der Waals surface area contributed by atoms with Crippen LogP contribution < -0.4 is 0 Å². The Bertz CT molecular complexity index is 192. The number of hydrogen-bond donors (Lipinski definition) is 1. The highest BCUT2D eigenvalue weighted by molar-refractivity contribution is 5.16. The summed E-state index contributed by atoms with van der Waals surface area (Å²) in [4.78, 5) is 0. The molecule has 1 N–H and O–H groups in total. The van der Waals surface area contributed by atoms with Gasteiger partial charge in [0.15, 0.2) is 0 Å². The molecule has 0 amide bonds. The fourth-order valence-corrected chi connectivity index (χ4v) is 2.57. The third-order valence-electron chi connectivity index (χ3n) is 3.31. The molecule has 12 heavy (non-hydrogen) atoms. The van der Waals surface area contributed by atoms with Gasteiger partial charge in [0, 0.05) is 5.92 Å². The number of ether oxygens (including phenoxy) is 1. The summed E-state index contributed by atoms with van der Waals surface area (Å²) in [5.74, 6) is 0.208. The molecule has 0 aromatic carbocycles. The predicted molar refractivity (Wildman–Crippen MR) is 46.9 cm³/mol. The first-order valence-corrected chi connectivity index (χ1v) is 4.71. The Balaban J connectivity index is 2.19. The van der Waals surface area contributed by atoms with Crippen molar-refractivity contribution in [1.29, 1.82) is 0 Å². The first-order valence-electron chi connectivity index (χ1n) is 4.71. The molecule has 1 atom stereocenters. The standard InChI is InChI=1S/C10H16O2/c1-8-7-12-10(9(8)6-11)4-2-3-5-10/h9,11H,1-7H2. The second-order valence-electron chi connectivity index (χ2n) is 3.95. The summed E-state index contributed by atoms with van der Waals surface area (Å²) in [6, 6.07) is 0. The van der Waals surface area contributed by atoms with Crippen molar-refractivity contribution >= 4 is 0 Å². The molecule has 0 aromatic heterocycles. The highest BCUT2D eigenvalue weighted by atomic mass is 16.5. The van der Waals surface area contributed by atoms with Crippen LogP contribution in [0.2, 0.25) is 0 Å². The monoisotopic (exact) mass is 168 g/mol. The van der Waals surface area contributed by atoms with Gasteiger partial charge in [-0.1, -0.05) is 19.4 Å². The topological polar surface area (TPSA) is 29.5 Å². The summed E-state index contributed by atoms with van der Waals surface area (Å²) in [5.41, 5.74) is 1.06. The Labute approximate surface area is 73.2 Å². The van der Waals surface area contributed by atoms with E-state index in [0.717, 1.165) is 18.4 Å². The molecule has 1 spiro atoms. The fourth-order valence-electron chi connectivity index (χ4n) is 2.57. The van der Waals surface area contributed by atoms with Crippen LogP contribution in [0.25, 0.3) is 0 Å². The molecule has 0 radical (unpaired) electrons. The minimum atomic E-state index is -0.0220. The van der Waals surface area contributed by atoms with E-state index in [9.17, 15) is 5.11 Å². The van der Waals surface area contributed by atoms with Crippen LogP contribution in [0, 0.1) is 5.92 Å². The van der Waals surface area contributed by atoms with E-state index in [-0.39, 0.29) is 18.1 Å². The van der Waals surface area contributed by atoms with Gasteiger partial charge in [0.1, 0.15) is 0 Å². The number of hydrogen-bond acceptors (Lipinski definition) is 2. The van der Waals surface area contributed by atoms with Crippen LogP contribution in [0.3, 0.4) is 0 Å². The van der Waals surface area contributed by atoms with Gasteiger partial charge in [0.05, 0.1) is 18.8 Å². The van der Waals surface area contributed by atoms with Gasteiger partial charge in [-0.3, -0.25) is 0 Å². The zero-order valence-electron chi connectivity index (χ0n) is 7.38.